The zero-order chi connectivity index (χ0) is 17.2. The summed E-state index contributed by atoms with van der Waals surface area (Å²) in [5, 5.41) is 2.82. The number of aromatic nitrogens is 2. The van der Waals surface area contributed by atoms with Crippen molar-refractivity contribution in [2.45, 2.75) is 39.7 Å². The molecule has 0 aliphatic carbocycles. The van der Waals surface area contributed by atoms with Crippen LogP contribution in [0.15, 0.2) is 12.4 Å². The van der Waals surface area contributed by atoms with Crippen LogP contribution in [0, 0.1) is 6.92 Å². The predicted octanol–water partition coefficient (Wildman–Crippen LogP) is 1.18. The molecule has 2 amide bonds. The van der Waals surface area contributed by atoms with E-state index < -0.39 is 0 Å². The van der Waals surface area contributed by atoms with Gasteiger partial charge in [-0.3, -0.25) is 14.6 Å². The van der Waals surface area contributed by atoms with Gasteiger partial charge >= 0.3 is 0 Å². The maximum absolute atomic E-state index is 12.5. The molecule has 0 aliphatic heterocycles. The maximum atomic E-state index is 12.5. The molecule has 1 rings (SSSR count). The van der Waals surface area contributed by atoms with Crippen molar-refractivity contribution >= 4 is 11.8 Å². The molecule has 0 saturated heterocycles. The van der Waals surface area contributed by atoms with Crippen molar-refractivity contribution < 1.29 is 14.3 Å². The van der Waals surface area contributed by atoms with Crippen molar-refractivity contribution in [2.75, 3.05) is 26.8 Å². The molecule has 23 heavy (non-hydrogen) atoms. The third kappa shape index (κ3) is 7.19. The van der Waals surface area contributed by atoms with Gasteiger partial charge in [-0.05, 0) is 27.2 Å². The summed E-state index contributed by atoms with van der Waals surface area (Å²) in [4.78, 5) is 34.2. The summed E-state index contributed by atoms with van der Waals surface area (Å²) in [7, 11) is 1.62. The molecule has 0 radical (unpaired) electrons. The Hall–Kier alpha value is -2.02. The summed E-state index contributed by atoms with van der Waals surface area (Å²) in [5.74, 6) is -0.287. The van der Waals surface area contributed by atoms with Gasteiger partial charge in [0.2, 0.25) is 5.91 Å². The number of ether oxygens (including phenoxy) is 1. The van der Waals surface area contributed by atoms with Crippen molar-refractivity contribution in [3.63, 3.8) is 0 Å². The molecule has 0 bridgehead atoms. The number of aryl methyl sites for hydroxylation is 1. The smallest absolute Gasteiger partial charge is 0.274 e. The summed E-state index contributed by atoms with van der Waals surface area (Å²) in [6, 6.07) is 0.0862. The summed E-state index contributed by atoms with van der Waals surface area (Å²) >= 11 is 0. The molecule has 0 unspecified atom stereocenters. The monoisotopic (exact) mass is 322 g/mol. The second-order valence-electron chi connectivity index (χ2n) is 5.65. The van der Waals surface area contributed by atoms with Crippen molar-refractivity contribution in [1.29, 1.82) is 0 Å². The van der Waals surface area contributed by atoms with Gasteiger partial charge in [-0.1, -0.05) is 0 Å². The molecule has 0 saturated carbocycles. The second kappa shape index (κ2) is 9.89. The maximum Gasteiger partial charge on any atom is 0.274 e. The lowest BCUT2D eigenvalue weighted by atomic mass is 10.2. The average Bonchev–Trinajstić information content (AvgIpc) is 2.50. The largest absolute Gasteiger partial charge is 0.385 e. The Morgan fingerprint density at radius 1 is 1.26 bits per heavy atom. The number of carbonyl (C=O) groups is 2. The van der Waals surface area contributed by atoms with Gasteiger partial charge in [0.05, 0.1) is 11.9 Å². The first-order chi connectivity index (χ1) is 10.9. The lowest BCUT2D eigenvalue weighted by Crippen LogP contribution is -2.38. The number of hydrogen-bond donors (Lipinski definition) is 1. The molecular weight excluding hydrogens is 296 g/mol. The Balaban J connectivity index is 2.68. The average molecular weight is 322 g/mol. The van der Waals surface area contributed by atoms with Crippen LogP contribution in [0.3, 0.4) is 0 Å². The van der Waals surface area contributed by atoms with Crippen LogP contribution in [0.1, 0.15) is 42.9 Å². The van der Waals surface area contributed by atoms with Gasteiger partial charge in [0.1, 0.15) is 5.69 Å². The normalized spacial score (nSPS) is 10.7. The summed E-state index contributed by atoms with van der Waals surface area (Å²) in [5.41, 5.74) is 1.04. The highest BCUT2D eigenvalue weighted by Crippen LogP contribution is 2.04. The molecule has 0 atom stereocenters. The van der Waals surface area contributed by atoms with Crippen LogP contribution in [0.4, 0.5) is 0 Å². The highest BCUT2D eigenvalue weighted by atomic mass is 16.5. The predicted molar refractivity (Wildman–Crippen MR) is 87.1 cm³/mol. The van der Waals surface area contributed by atoms with Crippen molar-refractivity contribution in [2.24, 2.45) is 0 Å². The Labute approximate surface area is 137 Å². The molecule has 1 heterocycles. The van der Waals surface area contributed by atoms with E-state index in [1.54, 1.807) is 18.2 Å². The molecule has 0 fully saturated rings. The van der Waals surface area contributed by atoms with Gasteiger partial charge < -0.3 is 15.0 Å². The number of methoxy groups -OCH3 is 1. The lowest BCUT2D eigenvalue weighted by Gasteiger charge is -2.22. The van der Waals surface area contributed by atoms with Gasteiger partial charge in [-0.15, -0.1) is 0 Å². The molecule has 7 heteroatoms. The first-order valence-electron chi connectivity index (χ1n) is 7.80. The van der Waals surface area contributed by atoms with Gasteiger partial charge in [-0.2, -0.15) is 0 Å². The fourth-order valence-corrected chi connectivity index (χ4v) is 2.01. The van der Waals surface area contributed by atoms with Gasteiger partial charge in [0, 0.05) is 45.5 Å². The quantitative estimate of drug-likeness (QED) is 0.690. The van der Waals surface area contributed by atoms with E-state index >= 15 is 0 Å². The zero-order valence-corrected chi connectivity index (χ0v) is 14.3. The summed E-state index contributed by atoms with van der Waals surface area (Å²) in [6.45, 7) is 7.03. The van der Waals surface area contributed by atoms with Crippen LogP contribution in [0.5, 0.6) is 0 Å². The molecule has 1 aromatic rings. The number of carbonyl (C=O) groups excluding carboxylic acids is 2. The van der Waals surface area contributed by atoms with Gasteiger partial charge in [0.15, 0.2) is 0 Å². The molecular formula is C16H26N4O3. The van der Waals surface area contributed by atoms with Crippen molar-refractivity contribution in [1.82, 2.24) is 20.2 Å². The standard InChI is InChI=1S/C16H26N4O3/c1-12(2)19-15(21)6-8-20(7-5-9-23-4)16(22)14-11-17-13(3)10-18-14/h10-12H,5-9H2,1-4H3,(H,19,21). The molecule has 0 aromatic carbocycles. The Morgan fingerprint density at radius 2 is 2.00 bits per heavy atom. The van der Waals surface area contributed by atoms with Crippen LogP contribution < -0.4 is 5.32 Å². The number of rotatable bonds is 9. The molecule has 0 aliphatic rings. The molecule has 1 N–H and O–H groups in total. The Morgan fingerprint density at radius 3 is 2.57 bits per heavy atom. The number of nitrogens with zero attached hydrogens (tertiary/aromatic N) is 3. The number of amides is 2. The second-order valence-corrected chi connectivity index (χ2v) is 5.65. The minimum absolute atomic E-state index is 0.0699. The third-order valence-electron chi connectivity index (χ3n) is 3.12. The Kier molecular flexibility index (Phi) is 8.18. The molecule has 7 nitrogen and oxygen atoms in total. The van der Waals surface area contributed by atoms with Gasteiger partial charge in [-0.25, -0.2) is 4.98 Å². The first-order valence-corrected chi connectivity index (χ1v) is 7.80. The highest BCUT2D eigenvalue weighted by molar-refractivity contribution is 5.92. The third-order valence-corrected chi connectivity index (χ3v) is 3.12. The minimum Gasteiger partial charge on any atom is -0.385 e. The van der Waals surface area contributed by atoms with Gasteiger partial charge in [0.25, 0.3) is 5.91 Å². The van der Waals surface area contributed by atoms with Crippen molar-refractivity contribution in [3.05, 3.63) is 23.8 Å². The van der Waals surface area contributed by atoms with Crippen LogP contribution >= 0.6 is 0 Å². The SMILES string of the molecule is COCCCN(CCC(=O)NC(C)C)C(=O)c1cnc(C)cn1. The fraction of sp³-hybridized carbons (Fsp3) is 0.625. The topological polar surface area (TPSA) is 84.4 Å². The van der Waals surface area contributed by atoms with Crippen LogP contribution in [-0.4, -0.2) is 59.5 Å². The number of nitrogens with one attached hydrogen (secondary N) is 1. The molecule has 128 valence electrons. The highest BCUT2D eigenvalue weighted by Gasteiger charge is 2.18. The minimum atomic E-state index is -0.217. The van der Waals surface area contributed by atoms with E-state index in [9.17, 15) is 9.59 Å². The van der Waals surface area contributed by atoms with E-state index in [1.165, 1.54) is 6.20 Å². The van der Waals surface area contributed by atoms with E-state index in [0.717, 1.165) is 5.69 Å². The first kappa shape index (κ1) is 19.0. The van der Waals surface area contributed by atoms with E-state index in [2.05, 4.69) is 15.3 Å². The van der Waals surface area contributed by atoms with E-state index in [0.29, 0.717) is 26.1 Å². The van der Waals surface area contributed by atoms with E-state index in [1.807, 2.05) is 20.8 Å². The number of hydrogen-bond acceptors (Lipinski definition) is 5. The Bertz CT molecular complexity index is 503. The van der Waals surface area contributed by atoms with E-state index in [-0.39, 0.29) is 30.0 Å². The molecule has 0 spiro atoms. The zero-order valence-electron chi connectivity index (χ0n) is 14.3. The lowest BCUT2D eigenvalue weighted by molar-refractivity contribution is -0.121. The summed E-state index contributed by atoms with van der Waals surface area (Å²) in [6.07, 6.45) is 3.99. The van der Waals surface area contributed by atoms with Crippen LogP contribution in [0.25, 0.3) is 0 Å². The summed E-state index contributed by atoms with van der Waals surface area (Å²) < 4.78 is 5.03. The van der Waals surface area contributed by atoms with Crippen LogP contribution in [0.2, 0.25) is 0 Å². The fourth-order valence-electron chi connectivity index (χ4n) is 2.01. The van der Waals surface area contributed by atoms with E-state index in [4.69, 9.17) is 4.74 Å². The van der Waals surface area contributed by atoms with Crippen molar-refractivity contribution in [3.8, 4) is 0 Å². The van der Waals surface area contributed by atoms with Crippen LogP contribution in [-0.2, 0) is 9.53 Å². The molecule has 1 aromatic heterocycles.